The van der Waals surface area contributed by atoms with Crippen molar-refractivity contribution in [1.82, 2.24) is 15.3 Å². The minimum Gasteiger partial charge on any atom is -0.481 e. The zero-order valence-corrected chi connectivity index (χ0v) is 18.5. The average Bonchev–Trinajstić information content (AvgIpc) is 2.81. The van der Waals surface area contributed by atoms with Crippen LogP contribution in [0.25, 0.3) is 0 Å². The van der Waals surface area contributed by atoms with Gasteiger partial charge in [-0.2, -0.15) is 4.98 Å². The molecule has 2 aromatic rings. The molecule has 1 aliphatic heterocycles. The summed E-state index contributed by atoms with van der Waals surface area (Å²) in [6, 6.07) is 4.59. The van der Waals surface area contributed by atoms with Crippen LogP contribution in [0.4, 0.5) is 23.1 Å². The van der Waals surface area contributed by atoms with Crippen LogP contribution >= 0.6 is 0 Å². The fourth-order valence-corrected chi connectivity index (χ4v) is 3.58. The van der Waals surface area contributed by atoms with Crippen molar-refractivity contribution < 1.29 is 29.4 Å². The molecule has 2 unspecified atom stereocenters. The van der Waals surface area contributed by atoms with E-state index in [2.05, 4.69) is 25.9 Å². The smallest absolute Gasteiger partial charge is 0.326 e. The van der Waals surface area contributed by atoms with Crippen LogP contribution in [0.5, 0.6) is 0 Å². The van der Waals surface area contributed by atoms with E-state index in [4.69, 9.17) is 10.8 Å². The maximum absolute atomic E-state index is 12.4. The molecule has 186 valence electrons. The number of amides is 2. The van der Waals surface area contributed by atoms with Crippen LogP contribution in [-0.2, 0) is 14.4 Å². The van der Waals surface area contributed by atoms with E-state index < -0.39 is 35.5 Å². The molecule has 0 aliphatic carbocycles. The lowest BCUT2D eigenvalue weighted by molar-refractivity contribution is -0.140. The van der Waals surface area contributed by atoms with Gasteiger partial charge >= 0.3 is 11.9 Å². The van der Waals surface area contributed by atoms with Crippen molar-refractivity contribution in [1.29, 1.82) is 0 Å². The van der Waals surface area contributed by atoms with Crippen LogP contribution in [0, 0.1) is 0 Å². The number of carboxylic acid groups (broad SMARTS) is 2. The highest BCUT2D eigenvalue weighted by Crippen LogP contribution is 2.25. The number of nitrogens with one attached hydrogen (secondary N) is 4. The second kappa shape index (κ2) is 11.0. The van der Waals surface area contributed by atoms with Crippen molar-refractivity contribution in [3.63, 3.8) is 0 Å². The van der Waals surface area contributed by atoms with Gasteiger partial charge < -0.3 is 36.8 Å². The molecular weight excluding hydrogens is 462 g/mol. The summed E-state index contributed by atoms with van der Waals surface area (Å²) in [6.07, 6.45) is 0.456. The van der Waals surface area contributed by atoms with Crippen LogP contribution in [0.1, 0.15) is 29.6 Å². The Bertz CT molecular complexity index is 1170. The van der Waals surface area contributed by atoms with Crippen LogP contribution in [0.2, 0.25) is 0 Å². The van der Waals surface area contributed by atoms with E-state index in [1.807, 2.05) is 0 Å². The highest BCUT2D eigenvalue weighted by molar-refractivity contribution is 5.96. The Morgan fingerprint density at radius 1 is 1.26 bits per heavy atom. The third-order valence-corrected chi connectivity index (χ3v) is 5.36. The first-order valence-corrected chi connectivity index (χ1v) is 10.7. The fraction of sp³-hybridized carbons (Fsp3) is 0.333. The number of H-pyrrole nitrogens is 1. The fourth-order valence-electron chi connectivity index (χ4n) is 3.58. The van der Waals surface area contributed by atoms with E-state index in [0.29, 0.717) is 18.6 Å². The number of nitrogens with two attached hydrogens (primary N) is 1. The summed E-state index contributed by atoms with van der Waals surface area (Å²) in [6.45, 7) is 0.582. The second-order valence-corrected chi connectivity index (χ2v) is 7.80. The topological polar surface area (TPSA) is 220 Å². The number of hydrogen-bond donors (Lipinski definition) is 7. The van der Waals surface area contributed by atoms with Gasteiger partial charge in [-0.25, -0.2) is 4.79 Å². The van der Waals surface area contributed by atoms with Crippen molar-refractivity contribution in [2.75, 3.05) is 34.4 Å². The van der Waals surface area contributed by atoms with Gasteiger partial charge in [0.1, 0.15) is 6.04 Å². The molecule has 0 fully saturated rings. The molecule has 35 heavy (non-hydrogen) atoms. The molecule has 2 heterocycles. The van der Waals surface area contributed by atoms with Crippen LogP contribution in [0.15, 0.2) is 29.1 Å². The first-order valence-electron chi connectivity index (χ1n) is 10.7. The molecule has 2 atom stereocenters. The third-order valence-electron chi connectivity index (χ3n) is 5.36. The second-order valence-electron chi connectivity index (χ2n) is 7.80. The van der Waals surface area contributed by atoms with Gasteiger partial charge in [-0.05, 0) is 37.1 Å². The summed E-state index contributed by atoms with van der Waals surface area (Å²) in [5, 5.41) is 26.4. The molecule has 3 rings (SSSR count). The maximum Gasteiger partial charge on any atom is 0.326 e. The predicted molar refractivity (Wildman–Crippen MR) is 125 cm³/mol. The number of fused-ring (bicyclic) bond motifs is 1. The van der Waals surface area contributed by atoms with E-state index >= 15 is 0 Å². The quantitative estimate of drug-likeness (QED) is 0.203. The number of nitrogens with zero attached hydrogens (tertiary/aromatic N) is 2. The number of carbonyl (C=O) groups excluding carboxylic acids is 2. The van der Waals surface area contributed by atoms with E-state index in [-0.39, 0.29) is 48.8 Å². The van der Waals surface area contributed by atoms with E-state index in [9.17, 15) is 29.1 Å². The number of aromatic amines is 1. The molecule has 1 aromatic heterocycles. The van der Waals surface area contributed by atoms with Crippen molar-refractivity contribution in [3.8, 4) is 0 Å². The average molecular weight is 487 g/mol. The molecule has 1 aromatic carbocycles. The number of rotatable bonds is 11. The van der Waals surface area contributed by atoms with E-state index in [0.717, 1.165) is 0 Å². The number of anilines is 4. The van der Waals surface area contributed by atoms with Crippen LogP contribution < -0.4 is 32.1 Å². The van der Waals surface area contributed by atoms with Gasteiger partial charge in [-0.1, -0.05) is 0 Å². The number of aliphatic carboxylic acids is 2. The first kappa shape index (κ1) is 25.0. The van der Waals surface area contributed by atoms with E-state index in [1.165, 1.54) is 17.0 Å². The van der Waals surface area contributed by atoms with Crippen molar-refractivity contribution in [2.24, 2.45) is 0 Å². The lowest BCUT2D eigenvalue weighted by Crippen LogP contribution is -2.50. The summed E-state index contributed by atoms with van der Waals surface area (Å²) >= 11 is 0. The molecule has 8 N–H and O–H groups in total. The Kier molecular flexibility index (Phi) is 7.86. The molecule has 0 spiro atoms. The number of carboxylic acids is 2. The molecule has 2 amide bonds. The Hall–Kier alpha value is -4.62. The Morgan fingerprint density at radius 3 is 2.60 bits per heavy atom. The van der Waals surface area contributed by atoms with E-state index in [1.54, 1.807) is 12.1 Å². The molecule has 0 radical (unpaired) electrons. The molecule has 0 saturated heterocycles. The van der Waals surface area contributed by atoms with Crippen molar-refractivity contribution >= 4 is 47.4 Å². The van der Waals surface area contributed by atoms with Gasteiger partial charge in [0.25, 0.3) is 11.5 Å². The third kappa shape index (κ3) is 6.25. The SMILES string of the molecule is Nc1nc2c(c(=O)[nH]1)N(C=O)C(CNc1ccc(C(=O)NC(CCCC(=O)O)C(=O)O)cc1)CN2. The molecule has 1 aliphatic rings. The summed E-state index contributed by atoms with van der Waals surface area (Å²) < 4.78 is 0. The predicted octanol–water partition coefficient (Wildman–Crippen LogP) is -0.341. The van der Waals surface area contributed by atoms with Gasteiger partial charge in [-0.3, -0.25) is 24.2 Å². The number of carbonyl (C=O) groups is 4. The molecule has 14 heteroatoms. The molecule has 14 nitrogen and oxygen atoms in total. The summed E-state index contributed by atoms with van der Waals surface area (Å²) in [4.78, 5) is 65.9. The number of hydrogen-bond acceptors (Lipinski definition) is 9. The maximum atomic E-state index is 12.4. The Labute approximate surface area is 198 Å². The summed E-state index contributed by atoms with van der Waals surface area (Å²) in [7, 11) is 0. The Balaban J connectivity index is 1.59. The molecular formula is C21H25N7O7. The van der Waals surface area contributed by atoms with Crippen molar-refractivity contribution in [2.45, 2.75) is 31.3 Å². The highest BCUT2D eigenvalue weighted by atomic mass is 16.4. The lowest BCUT2D eigenvalue weighted by Gasteiger charge is -2.34. The minimum atomic E-state index is -1.25. The number of nitrogen functional groups attached to an aromatic ring is 1. The van der Waals surface area contributed by atoms with Gasteiger partial charge in [0.15, 0.2) is 11.5 Å². The zero-order chi connectivity index (χ0) is 25.5. The Morgan fingerprint density at radius 2 is 1.97 bits per heavy atom. The van der Waals surface area contributed by atoms with Crippen LogP contribution in [0.3, 0.4) is 0 Å². The van der Waals surface area contributed by atoms with Gasteiger partial charge in [0.05, 0.1) is 6.04 Å². The van der Waals surface area contributed by atoms with Gasteiger partial charge in [0.2, 0.25) is 12.4 Å². The summed E-state index contributed by atoms with van der Waals surface area (Å²) in [5.74, 6) is -2.75. The lowest BCUT2D eigenvalue weighted by atomic mass is 10.1. The van der Waals surface area contributed by atoms with Gasteiger partial charge in [0, 0.05) is 30.8 Å². The number of aromatic nitrogens is 2. The first-order chi connectivity index (χ1) is 16.7. The molecule has 0 bridgehead atoms. The largest absolute Gasteiger partial charge is 0.481 e. The van der Waals surface area contributed by atoms with Gasteiger partial charge in [-0.15, -0.1) is 0 Å². The minimum absolute atomic E-state index is 0.0102. The standard InChI is InChI=1S/C21H25N7O7/c22-21-26-17-16(19(33)27-21)28(10-29)13(9-24-17)8-23-12-6-4-11(5-7-12)18(32)25-14(20(34)35)2-1-3-15(30)31/h4-7,10,13-14,23H,1-3,8-9H2,(H,25,32)(H,30,31)(H,34,35)(H4,22,24,26,27,33). The van der Waals surface area contributed by atoms with Crippen LogP contribution in [-0.4, -0.2) is 69.6 Å². The number of benzene rings is 1. The zero-order valence-electron chi connectivity index (χ0n) is 18.5. The summed E-state index contributed by atoms with van der Waals surface area (Å²) in [5.41, 5.74) is 5.90. The monoisotopic (exact) mass is 487 g/mol. The normalized spacial score (nSPS) is 15.3. The molecule has 0 saturated carbocycles. The highest BCUT2D eigenvalue weighted by Gasteiger charge is 2.29. The van der Waals surface area contributed by atoms with Crippen molar-refractivity contribution in [3.05, 3.63) is 40.2 Å².